The van der Waals surface area contributed by atoms with Crippen molar-refractivity contribution in [3.05, 3.63) is 64.7 Å². The monoisotopic (exact) mass is 501 g/mol. The van der Waals surface area contributed by atoms with Crippen LogP contribution in [0, 0.1) is 5.82 Å². The number of hydrogen-bond acceptors (Lipinski definition) is 4. The molecule has 0 saturated carbocycles. The lowest BCUT2D eigenvalue weighted by Gasteiger charge is -2.15. The van der Waals surface area contributed by atoms with Gasteiger partial charge in [0.1, 0.15) is 11.5 Å². The molecule has 0 unspecified atom stereocenters. The van der Waals surface area contributed by atoms with Crippen LogP contribution in [0.15, 0.2) is 36.4 Å². The molecule has 0 fully saturated rings. The van der Waals surface area contributed by atoms with E-state index in [1.165, 1.54) is 30.4 Å². The first-order valence-electron chi connectivity index (χ1n) is 10.6. The molecule has 6 nitrogen and oxygen atoms in total. The number of amides is 1. The number of aromatic nitrogens is 1. The number of pyridine rings is 1. The third-order valence-corrected chi connectivity index (χ3v) is 5.47. The molecule has 186 valence electrons. The molecule has 0 aliphatic carbocycles. The van der Waals surface area contributed by atoms with Crippen LogP contribution in [0.3, 0.4) is 0 Å². The number of carbonyl (C=O) groups excluding carboxylic acids is 1. The number of alkyl halides is 3. The molecule has 1 atom stereocenters. The first-order chi connectivity index (χ1) is 15.8. The van der Waals surface area contributed by atoms with E-state index in [2.05, 4.69) is 15.0 Å². The fraction of sp³-hybridized carbons (Fsp3) is 0.391. The number of sulfonamides is 1. The summed E-state index contributed by atoms with van der Waals surface area (Å²) in [4.78, 5) is 16.1. The Kier molecular flexibility index (Phi) is 9.20. The predicted molar refractivity (Wildman–Crippen MR) is 123 cm³/mol. The van der Waals surface area contributed by atoms with Gasteiger partial charge in [0.2, 0.25) is 15.9 Å². The molecule has 0 bridgehead atoms. The van der Waals surface area contributed by atoms with Crippen molar-refractivity contribution in [1.29, 1.82) is 0 Å². The molecule has 11 heteroatoms. The molecule has 2 N–H and O–H groups in total. The first-order valence-corrected chi connectivity index (χ1v) is 12.5. The molecule has 34 heavy (non-hydrogen) atoms. The Bertz CT molecular complexity index is 1150. The van der Waals surface area contributed by atoms with Gasteiger partial charge in [0.05, 0.1) is 18.0 Å². The standard InChI is InChI=1S/C23H27F4N3O3S/c1-4-5-6-7-19-16(9-12-21(29-19)23(25,26)27)10-13-22(31)28-15(2)17-8-11-20(18(24)14-17)30-34(3,32)33/h8-15,30H,4-7H2,1-3H3,(H,28,31)/b13-10-/t15-/m1/s1. The van der Waals surface area contributed by atoms with Crippen molar-refractivity contribution >= 4 is 27.7 Å². The minimum absolute atomic E-state index is 0.213. The lowest BCUT2D eigenvalue weighted by Crippen LogP contribution is -2.24. The summed E-state index contributed by atoms with van der Waals surface area (Å²) in [6, 6.07) is 5.37. The van der Waals surface area contributed by atoms with E-state index in [1.54, 1.807) is 6.92 Å². The number of halogens is 4. The van der Waals surface area contributed by atoms with Gasteiger partial charge in [-0.2, -0.15) is 13.2 Å². The largest absolute Gasteiger partial charge is 0.433 e. The molecule has 2 rings (SSSR count). The topological polar surface area (TPSA) is 88.2 Å². The van der Waals surface area contributed by atoms with E-state index in [0.717, 1.165) is 31.2 Å². The average molecular weight is 502 g/mol. The van der Waals surface area contributed by atoms with Gasteiger partial charge in [-0.25, -0.2) is 17.8 Å². The SMILES string of the molecule is CCCCCc1nc(C(F)(F)F)ccc1/C=C\C(=O)N[C@H](C)c1ccc(NS(C)(=O)=O)c(F)c1. The fourth-order valence-electron chi connectivity index (χ4n) is 3.16. The van der Waals surface area contributed by atoms with Crippen LogP contribution in [0.5, 0.6) is 0 Å². The summed E-state index contributed by atoms with van der Waals surface area (Å²) in [5.74, 6) is -1.34. The molecule has 1 aromatic carbocycles. The van der Waals surface area contributed by atoms with Crippen LogP contribution in [-0.2, 0) is 27.4 Å². The molecule has 2 aromatic rings. The van der Waals surface area contributed by atoms with Crippen LogP contribution in [0.2, 0.25) is 0 Å². The Hall–Kier alpha value is -2.95. The van der Waals surface area contributed by atoms with E-state index >= 15 is 0 Å². The Labute approximate surface area is 196 Å². The number of nitrogens with one attached hydrogen (secondary N) is 2. The summed E-state index contributed by atoms with van der Waals surface area (Å²) in [6.45, 7) is 3.59. The number of carbonyl (C=O) groups is 1. The summed E-state index contributed by atoms with van der Waals surface area (Å²) < 4.78 is 77.9. The maximum atomic E-state index is 14.2. The molecule has 0 spiro atoms. The lowest BCUT2D eigenvalue weighted by atomic mass is 10.1. The van der Waals surface area contributed by atoms with E-state index in [-0.39, 0.29) is 11.4 Å². The van der Waals surface area contributed by atoms with Crippen molar-refractivity contribution < 1.29 is 30.8 Å². The van der Waals surface area contributed by atoms with Gasteiger partial charge in [-0.3, -0.25) is 9.52 Å². The van der Waals surface area contributed by atoms with Gasteiger partial charge in [-0.15, -0.1) is 0 Å². The Morgan fingerprint density at radius 2 is 1.88 bits per heavy atom. The number of nitrogens with zero attached hydrogens (tertiary/aromatic N) is 1. The molecular formula is C23H27F4N3O3S. The summed E-state index contributed by atoms with van der Waals surface area (Å²) >= 11 is 0. The third kappa shape index (κ3) is 8.44. The second kappa shape index (κ2) is 11.5. The Morgan fingerprint density at radius 1 is 1.18 bits per heavy atom. The number of hydrogen-bond donors (Lipinski definition) is 2. The van der Waals surface area contributed by atoms with Crippen LogP contribution >= 0.6 is 0 Å². The summed E-state index contributed by atoms with van der Waals surface area (Å²) in [7, 11) is -3.64. The average Bonchev–Trinajstić information content (AvgIpc) is 2.72. The van der Waals surface area contributed by atoms with E-state index in [4.69, 9.17) is 0 Å². The van der Waals surface area contributed by atoms with Crippen molar-refractivity contribution in [3.63, 3.8) is 0 Å². The molecule has 0 saturated heterocycles. The van der Waals surface area contributed by atoms with Crippen molar-refractivity contribution in [2.24, 2.45) is 0 Å². The normalized spacial score (nSPS) is 13.1. The van der Waals surface area contributed by atoms with E-state index in [9.17, 15) is 30.8 Å². The van der Waals surface area contributed by atoms with Gasteiger partial charge in [-0.05, 0) is 55.2 Å². The van der Waals surface area contributed by atoms with Gasteiger partial charge >= 0.3 is 6.18 Å². The van der Waals surface area contributed by atoms with Gasteiger partial charge in [0.25, 0.3) is 0 Å². The molecule has 1 amide bonds. The number of benzene rings is 1. The van der Waals surface area contributed by atoms with E-state index in [1.807, 2.05) is 6.92 Å². The molecule has 1 heterocycles. The van der Waals surface area contributed by atoms with Crippen LogP contribution in [-0.4, -0.2) is 25.6 Å². The molecule has 0 aliphatic rings. The first kappa shape index (κ1) is 27.3. The highest BCUT2D eigenvalue weighted by molar-refractivity contribution is 7.92. The van der Waals surface area contributed by atoms with Crippen LogP contribution < -0.4 is 10.0 Å². The van der Waals surface area contributed by atoms with Gasteiger partial charge < -0.3 is 5.32 Å². The van der Waals surface area contributed by atoms with Crippen molar-refractivity contribution in [3.8, 4) is 0 Å². The molecule has 0 aliphatic heterocycles. The van der Waals surface area contributed by atoms with Gasteiger partial charge in [-0.1, -0.05) is 31.9 Å². The highest BCUT2D eigenvalue weighted by Gasteiger charge is 2.32. The summed E-state index contributed by atoms with van der Waals surface area (Å²) in [6.07, 6.45) is 1.68. The molecular weight excluding hydrogens is 474 g/mol. The van der Waals surface area contributed by atoms with E-state index in [0.29, 0.717) is 24.0 Å². The van der Waals surface area contributed by atoms with Crippen molar-refractivity contribution in [2.45, 2.75) is 51.7 Å². The Morgan fingerprint density at radius 3 is 2.47 bits per heavy atom. The van der Waals surface area contributed by atoms with E-state index < -0.39 is 39.7 Å². The zero-order valence-electron chi connectivity index (χ0n) is 19.0. The lowest BCUT2D eigenvalue weighted by molar-refractivity contribution is -0.141. The van der Waals surface area contributed by atoms with Crippen LogP contribution in [0.4, 0.5) is 23.2 Å². The number of rotatable bonds is 10. The second-order valence-corrected chi connectivity index (χ2v) is 9.61. The zero-order valence-corrected chi connectivity index (χ0v) is 19.9. The number of anilines is 1. The highest BCUT2D eigenvalue weighted by Crippen LogP contribution is 2.29. The number of unbranched alkanes of at least 4 members (excludes halogenated alkanes) is 2. The smallest absolute Gasteiger partial charge is 0.346 e. The van der Waals surface area contributed by atoms with Gasteiger partial charge in [0, 0.05) is 11.8 Å². The molecule has 1 aromatic heterocycles. The third-order valence-electron chi connectivity index (χ3n) is 4.88. The summed E-state index contributed by atoms with van der Waals surface area (Å²) in [5.41, 5.74) is -0.125. The quantitative estimate of drug-likeness (QED) is 0.265. The fourth-order valence-corrected chi connectivity index (χ4v) is 3.72. The predicted octanol–water partition coefficient (Wildman–Crippen LogP) is 5.23. The highest BCUT2D eigenvalue weighted by atomic mass is 32.2. The zero-order chi connectivity index (χ0) is 25.5. The molecule has 0 radical (unpaired) electrons. The number of aryl methyl sites for hydroxylation is 1. The maximum Gasteiger partial charge on any atom is 0.433 e. The Balaban J connectivity index is 2.13. The van der Waals surface area contributed by atoms with Crippen molar-refractivity contribution in [2.75, 3.05) is 11.0 Å². The van der Waals surface area contributed by atoms with Crippen LogP contribution in [0.1, 0.15) is 61.7 Å². The second-order valence-electron chi connectivity index (χ2n) is 7.86. The van der Waals surface area contributed by atoms with Gasteiger partial charge in [0.15, 0.2) is 0 Å². The minimum atomic E-state index is -4.56. The van der Waals surface area contributed by atoms with Crippen molar-refractivity contribution in [1.82, 2.24) is 10.3 Å². The minimum Gasteiger partial charge on any atom is -0.346 e. The summed E-state index contributed by atoms with van der Waals surface area (Å²) in [5, 5.41) is 2.64. The van der Waals surface area contributed by atoms with Crippen LogP contribution in [0.25, 0.3) is 6.08 Å². The maximum absolute atomic E-state index is 14.2.